The summed E-state index contributed by atoms with van der Waals surface area (Å²) in [6.07, 6.45) is 1.06. The molecule has 0 fully saturated rings. The predicted octanol–water partition coefficient (Wildman–Crippen LogP) is 1.15. The molecule has 0 unspecified atom stereocenters. The molecule has 116 valence electrons. The maximum atomic E-state index is 12.2. The van der Waals surface area contributed by atoms with Gasteiger partial charge in [0.2, 0.25) is 11.8 Å². The van der Waals surface area contributed by atoms with Crippen LogP contribution in [0.15, 0.2) is 0 Å². The van der Waals surface area contributed by atoms with Gasteiger partial charge in [-0.3, -0.25) is 9.59 Å². The van der Waals surface area contributed by atoms with Crippen molar-refractivity contribution in [2.24, 2.45) is 11.8 Å². The Balaban J connectivity index is 4.86. The van der Waals surface area contributed by atoms with Gasteiger partial charge in [0, 0.05) is 6.92 Å². The summed E-state index contributed by atoms with van der Waals surface area (Å²) in [7, 11) is 0. The summed E-state index contributed by atoms with van der Waals surface area (Å²) in [5.41, 5.74) is 0. The monoisotopic (exact) mass is 286 g/mol. The van der Waals surface area contributed by atoms with Crippen LogP contribution in [0.2, 0.25) is 0 Å². The number of nitrogens with one attached hydrogen (secondary N) is 2. The van der Waals surface area contributed by atoms with Gasteiger partial charge in [0.05, 0.1) is 0 Å². The molecular formula is C14H26N2O4. The van der Waals surface area contributed by atoms with E-state index in [1.807, 2.05) is 27.7 Å². The number of hydrogen-bond donors (Lipinski definition) is 3. The van der Waals surface area contributed by atoms with Gasteiger partial charge in [0.1, 0.15) is 12.1 Å². The smallest absolute Gasteiger partial charge is 0.326 e. The van der Waals surface area contributed by atoms with Crippen molar-refractivity contribution in [2.75, 3.05) is 0 Å². The lowest BCUT2D eigenvalue weighted by Gasteiger charge is -2.25. The topological polar surface area (TPSA) is 95.5 Å². The number of carboxylic acids is 1. The number of amides is 2. The molecule has 0 rings (SSSR count). The van der Waals surface area contributed by atoms with Crippen LogP contribution in [0.4, 0.5) is 0 Å². The quantitative estimate of drug-likeness (QED) is 0.624. The molecule has 0 aromatic heterocycles. The van der Waals surface area contributed by atoms with Crippen LogP contribution in [0.25, 0.3) is 0 Å². The van der Waals surface area contributed by atoms with Gasteiger partial charge >= 0.3 is 5.97 Å². The van der Waals surface area contributed by atoms with Crippen LogP contribution in [0.5, 0.6) is 0 Å². The highest BCUT2D eigenvalue weighted by atomic mass is 16.4. The van der Waals surface area contributed by atoms with Gasteiger partial charge in [-0.1, -0.05) is 34.1 Å². The molecule has 0 bridgehead atoms. The second-order valence-corrected chi connectivity index (χ2v) is 5.59. The molecule has 0 aliphatic rings. The van der Waals surface area contributed by atoms with Crippen molar-refractivity contribution >= 4 is 17.8 Å². The van der Waals surface area contributed by atoms with Crippen molar-refractivity contribution in [3.05, 3.63) is 0 Å². The molecule has 6 heteroatoms. The van der Waals surface area contributed by atoms with Gasteiger partial charge in [-0.2, -0.15) is 0 Å². The molecule has 0 saturated heterocycles. The molecule has 0 aromatic rings. The predicted molar refractivity (Wildman–Crippen MR) is 76.1 cm³/mol. The van der Waals surface area contributed by atoms with Gasteiger partial charge in [-0.05, 0) is 18.3 Å². The van der Waals surface area contributed by atoms with E-state index in [4.69, 9.17) is 5.11 Å². The van der Waals surface area contributed by atoms with Crippen molar-refractivity contribution < 1.29 is 19.5 Å². The van der Waals surface area contributed by atoms with E-state index >= 15 is 0 Å². The first kappa shape index (κ1) is 18.4. The van der Waals surface area contributed by atoms with Crippen molar-refractivity contribution in [1.29, 1.82) is 0 Å². The lowest BCUT2D eigenvalue weighted by atomic mass is 9.97. The highest BCUT2D eigenvalue weighted by molar-refractivity contribution is 5.90. The third-order valence-electron chi connectivity index (χ3n) is 3.18. The van der Waals surface area contributed by atoms with Gasteiger partial charge in [0.15, 0.2) is 0 Å². The average molecular weight is 286 g/mol. The Morgan fingerprint density at radius 2 is 1.65 bits per heavy atom. The van der Waals surface area contributed by atoms with E-state index in [1.54, 1.807) is 0 Å². The SMILES string of the molecule is CC[C@H](C)[C@H](NC(C)=O)C(=O)N[C@@H](CC(C)C)C(=O)O. The van der Waals surface area contributed by atoms with Crippen LogP contribution in [0.3, 0.4) is 0 Å². The van der Waals surface area contributed by atoms with Gasteiger partial charge in [-0.15, -0.1) is 0 Å². The van der Waals surface area contributed by atoms with Crippen molar-refractivity contribution in [3.63, 3.8) is 0 Å². The normalized spacial score (nSPS) is 15.3. The Kier molecular flexibility index (Phi) is 7.87. The zero-order valence-electron chi connectivity index (χ0n) is 12.9. The molecular weight excluding hydrogens is 260 g/mol. The molecule has 0 spiro atoms. The van der Waals surface area contributed by atoms with E-state index in [0.29, 0.717) is 12.8 Å². The fourth-order valence-electron chi connectivity index (χ4n) is 1.88. The Morgan fingerprint density at radius 3 is 2.00 bits per heavy atom. The zero-order valence-corrected chi connectivity index (χ0v) is 12.9. The van der Waals surface area contributed by atoms with E-state index in [1.165, 1.54) is 6.92 Å². The molecule has 2 amide bonds. The second-order valence-electron chi connectivity index (χ2n) is 5.59. The highest BCUT2D eigenvalue weighted by Crippen LogP contribution is 2.10. The van der Waals surface area contributed by atoms with Crippen LogP contribution in [0.1, 0.15) is 47.5 Å². The zero-order chi connectivity index (χ0) is 15.9. The van der Waals surface area contributed by atoms with Crippen molar-refractivity contribution in [3.8, 4) is 0 Å². The first-order valence-electron chi connectivity index (χ1n) is 6.99. The van der Waals surface area contributed by atoms with E-state index in [9.17, 15) is 14.4 Å². The molecule has 3 N–H and O–H groups in total. The molecule has 0 aliphatic heterocycles. The van der Waals surface area contributed by atoms with E-state index in [2.05, 4.69) is 10.6 Å². The fraction of sp³-hybridized carbons (Fsp3) is 0.786. The molecule has 6 nitrogen and oxygen atoms in total. The van der Waals surface area contributed by atoms with Crippen LogP contribution >= 0.6 is 0 Å². The minimum absolute atomic E-state index is 0.0626. The molecule has 0 saturated carbocycles. The summed E-state index contributed by atoms with van der Waals surface area (Å²) in [5.74, 6) is -1.71. The molecule has 0 aromatic carbocycles. The molecule has 0 aliphatic carbocycles. The van der Waals surface area contributed by atoms with Gasteiger partial charge < -0.3 is 15.7 Å². The number of rotatable bonds is 8. The summed E-state index contributed by atoms with van der Waals surface area (Å²) in [5, 5.41) is 14.2. The summed E-state index contributed by atoms with van der Waals surface area (Å²) < 4.78 is 0. The van der Waals surface area contributed by atoms with Crippen molar-refractivity contribution in [1.82, 2.24) is 10.6 Å². The third-order valence-corrected chi connectivity index (χ3v) is 3.18. The molecule has 0 heterocycles. The highest BCUT2D eigenvalue weighted by Gasteiger charge is 2.29. The van der Waals surface area contributed by atoms with Gasteiger partial charge in [0.25, 0.3) is 0 Å². The standard InChI is InChI=1S/C14H26N2O4/c1-6-9(4)12(15-10(5)17)13(18)16-11(14(19)20)7-8(2)3/h8-9,11-12H,6-7H2,1-5H3,(H,15,17)(H,16,18)(H,19,20)/t9-,11-,12-/m0/s1. The number of carbonyl (C=O) groups is 3. The lowest BCUT2D eigenvalue weighted by Crippen LogP contribution is -2.53. The third kappa shape index (κ3) is 6.54. The first-order valence-corrected chi connectivity index (χ1v) is 6.99. The summed E-state index contributed by atoms with van der Waals surface area (Å²) in [6.45, 7) is 8.88. The van der Waals surface area contributed by atoms with E-state index in [-0.39, 0.29) is 17.7 Å². The van der Waals surface area contributed by atoms with Gasteiger partial charge in [-0.25, -0.2) is 4.79 Å². The summed E-state index contributed by atoms with van der Waals surface area (Å²) in [6, 6.07) is -1.63. The van der Waals surface area contributed by atoms with E-state index < -0.39 is 24.0 Å². The fourth-order valence-corrected chi connectivity index (χ4v) is 1.88. The minimum atomic E-state index is -1.06. The Hall–Kier alpha value is -1.59. The van der Waals surface area contributed by atoms with E-state index in [0.717, 1.165) is 0 Å². The lowest BCUT2D eigenvalue weighted by molar-refractivity contribution is -0.143. The Bertz CT molecular complexity index is 355. The minimum Gasteiger partial charge on any atom is -0.480 e. The van der Waals surface area contributed by atoms with Crippen LogP contribution in [0, 0.1) is 11.8 Å². The largest absolute Gasteiger partial charge is 0.480 e. The molecule has 3 atom stereocenters. The second kappa shape index (κ2) is 8.55. The molecule has 0 radical (unpaired) electrons. The molecule has 20 heavy (non-hydrogen) atoms. The number of aliphatic carboxylic acids is 1. The van der Waals surface area contributed by atoms with Crippen LogP contribution in [-0.4, -0.2) is 35.0 Å². The Labute approximate surface area is 120 Å². The first-order chi connectivity index (χ1) is 9.18. The van der Waals surface area contributed by atoms with Crippen molar-refractivity contribution in [2.45, 2.75) is 59.5 Å². The summed E-state index contributed by atoms with van der Waals surface area (Å²) >= 11 is 0. The Morgan fingerprint density at radius 1 is 1.10 bits per heavy atom. The summed E-state index contributed by atoms with van der Waals surface area (Å²) in [4.78, 5) is 34.5. The number of carboxylic acid groups (broad SMARTS) is 1. The maximum Gasteiger partial charge on any atom is 0.326 e. The van der Waals surface area contributed by atoms with Crippen LogP contribution in [-0.2, 0) is 14.4 Å². The van der Waals surface area contributed by atoms with Crippen LogP contribution < -0.4 is 10.6 Å². The maximum absolute atomic E-state index is 12.2. The number of hydrogen-bond acceptors (Lipinski definition) is 3. The number of carbonyl (C=O) groups excluding carboxylic acids is 2. The average Bonchev–Trinajstić information content (AvgIpc) is 2.33.